The first-order valence-electron chi connectivity index (χ1n) is 8.48. The summed E-state index contributed by atoms with van der Waals surface area (Å²) in [5.41, 5.74) is 0.617. The van der Waals surface area contributed by atoms with E-state index in [0.717, 1.165) is 0 Å². The highest BCUT2D eigenvalue weighted by Crippen LogP contribution is 2.33. The number of anilines is 1. The van der Waals surface area contributed by atoms with E-state index in [0.29, 0.717) is 30.2 Å². The third-order valence-electron chi connectivity index (χ3n) is 4.97. The predicted molar refractivity (Wildman–Crippen MR) is 92.3 cm³/mol. The molecule has 0 aromatic heterocycles. The lowest BCUT2D eigenvalue weighted by molar-refractivity contribution is -0.141. The fraction of sp³-hybridized carbons (Fsp3) is 0.500. The van der Waals surface area contributed by atoms with Crippen LogP contribution in [0.15, 0.2) is 18.2 Å². The number of benzene rings is 1. The fourth-order valence-corrected chi connectivity index (χ4v) is 3.49. The molecule has 0 radical (unpaired) electrons. The topological polar surface area (TPSA) is 96.4 Å². The molecule has 1 aromatic carbocycles. The number of carboxylic acids is 1. The van der Waals surface area contributed by atoms with Crippen molar-refractivity contribution in [3.05, 3.63) is 18.2 Å². The van der Waals surface area contributed by atoms with Crippen molar-refractivity contribution in [3.8, 4) is 11.5 Å². The first-order chi connectivity index (χ1) is 12.4. The van der Waals surface area contributed by atoms with Crippen molar-refractivity contribution in [1.29, 1.82) is 0 Å². The molecule has 2 atom stereocenters. The van der Waals surface area contributed by atoms with Gasteiger partial charge in [-0.3, -0.25) is 14.4 Å². The van der Waals surface area contributed by atoms with Crippen molar-refractivity contribution in [2.24, 2.45) is 11.8 Å². The van der Waals surface area contributed by atoms with E-state index >= 15 is 0 Å². The van der Waals surface area contributed by atoms with Gasteiger partial charge in [0.15, 0.2) is 0 Å². The zero-order valence-corrected chi connectivity index (χ0v) is 14.8. The van der Waals surface area contributed by atoms with E-state index in [2.05, 4.69) is 0 Å². The second-order valence-electron chi connectivity index (χ2n) is 6.58. The highest BCUT2D eigenvalue weighted by atomic mass is 16.5. The Morgan fingerprint density at radius 1 is 1.08 bits per heavy atom. The van der Waals surface area contributed by atoms with Crippen LogP contribution in [0.3, 0.4) is 0 Å². The average Bonchev–Trinajstić information content (AvgIpc) is 3.27. The van der Waals surface area contributed by atoms with Crippen molar-refractivity contribution in [3.63, 3.8) is 0 Å². The van der Waals surface area contributed by atoms with Crippen LogP contribution in [0.4, 0.5) is 5.69 Å². The number of carboxylic acid groups (broad SMARTS) is 1. The van der Waals surface area contributed by atoms with E-state index in [9.17, 15) is 14.4 Å². The molecule has 2 saturated heterocycles. The van der Waals surface area contributed by atoms with Gasteiger partial charge >= 0.3 is 5.97 Å². The Bertz CT molecular complexity index is 712. The van der Waals surface area contributed by atoms with Gasteiger partial charge in [0.25, 0.3) is 0 Å². The number of aliphatic carboxylic acids is 1. The van der Waals surface area contributed by atoms with E-state index in [4.69, 9.17) is 14.6 Å². The molecule has 8 heteroatoms. The van der Waals surface area contributed by atoms with E-state index in [-0.39, 0.29) is 31.3 Å². The van der Waals surface area contributed by atoms with Gasteiger partial charge in [0, 0.05) is 44.3 Å². The second-order valence-corrected chi connectivity index (χ2v) is 6.58. The molecular weight excluding hydrogens is 340 g/mol. The molecule has 2 aliphatic heterocycles. The average molecular weight is 362 g/mol. The van der Waals surface area contributed by atoms with E-state index in [1.165, 1.54) is 14.2 Å². The maximum absolute atomic E-state index is 12.7. The third kappa shape index (κ3) is 3.44. The maximum atomic E-state index is 12.7. The van der Waals surface area contributed by atoms with Crippen molar-refractivity contribution >= 4 is 23.5 Å². The summed E-state index contributed by atoms with van der Waals surface area (Å²) < 4.78 is 10.5. The summed E-state index contributed by atoms with van der Waals surface area (Å²) in [4.78, 5) is 39.3. The monoisotopic (exact) mass is 362 g/mol. The highest BCUT2D eigenvalue weighted by molar-refractivity contribution is 6.00. The van der Waals surface area contributed by atoms with Crippen LogP contribution in [0.1, 0.15) is 12.8 Å². The van der Waals surface area contributed by atoms with Crippen LogP contribution in [0.25, 0.3) is 0 Å². The SMILES string of the molecule is COc1cc(OC)cc(N2C[C@H](C(=O)N3CC[C@H](C(=O)O)C3)CC2=O)c1. The zero-order chi connectivity index (χ0) is 18.8. The third-order valence-corrected chi connectivity index (χ3v) is 4.97. The smallest absolute Gasteiger partial charge is 0.308 e. The lowest BCUT2D eigenvalue weighted by Crippen LogP contribution is -2.36. The Morgan fingerprint density at radius 3 is 2.27 bits per heavy atom. The summed E-state index contributed by atoms with van der Waals surface area (Å²) in [7, 11) is 3.06. The lowest BCUT2D eigenvalue weighted by Gasteiger charge is -2.21. The minimum atomic E-state index is -0.882. The molecule has 26 heavy (non-hydrogen) atoms. The molecule has 3 rings (SSSR count). The van der Waals surface area contributed by atoms with Gasteiger partial charge in [-0.15, -0.1) is 0 Å². The van der Waals surface area contributed by atoms with Gasteiger partial charge in [-0.1, -0.05) is 0 Å². The summed E-state index contributed by atoms with van der Waals surface area (Å²) in [6, 6.07) is 5.16. The Morgan fingerprint density at radius 2 is 1.73 bits per heavy atom. The molecular formula is C18H22N2O6. The van der Waals surface area contributed by atoms with Crippen LogP contribution in [-0.4, -0.2) is 61.6 Å². The number of methoxy groups -OCH3 is 2. The number of likely N-dealkylation sites (tertiary alicyclic amines) is 1. The van der Waals surface area contributed by atoms with E-state index < -0.39 is 17.8 Å². The van der Waals surface area contributed by atoms with Crippen molar-refractivity contribution in [2.45, 2.75) is 12.8 Å². The molecule has 0 saturated carbocycles. The number of hydrogen-bond donors (Lipinski definition) is 1. The number of carbonyl (C=O) groups excluding carboxylic acids is 2. The molecule has 2 aliphatic rings. The van der Waals surface area contributed by atoms with Crippen LogP contribution in [-0.2, 0) is 14.4 Å². The normalized spacial score (nSPS) is 22.6. The fourth-order valence-electron chi connectivity index (χ4n) is 3.49. The molecule has 0 aliphatic carbocycles. The molecule has 1 aromatic rings. The first kappa shape index (κ1) is 18.0. The maximum Gasteiger partial charge on any atom is 0.308 e. The van der Waals surface area contributed by atoms with Gasteiger partial charge in [0.2, 0.25) is 11.8 Å². The summed E-state index contributed by atoms with van der Waals surface area (Å²) >= 11 is 0. The molecule has 8 nitrogen and oxygen atoms in total. The van der Waals surface area contributed by atoms with Gasteiger partial charge in [0.1, 0.15) is 11.5 Å². The van der Waals surface area contributed by atoms with Gasteiger partial charge in [-0.05, 0) is 6.42 Å². The molecule has 0 unspecified atom stereocenters. The van der Waals surface area contributed by atoms with Gasteiger partial charge in [-0.25, -0.2) is 0 Å². The highest BCUT2D eigenvalue weighted by Gasteiger charge is 2.40. The predicted octanol–water partition coefficient (Wildman–Crippen LogP) is 0.990. The largest absolute Gasteiger partial charge is 0.497 e. The van der Waals surface area contributed by atoms with Crippen LogP contribution in [0.5, 0.6) is 11.5 Å². The molecule has 0 spiro atoms. The van der Waals surface area contributed by atoms with Gasteiger partial charge in [0.05, 0.1) is 31.7 Å². The van der Waals surface area contributed by atoms with Gasteiger partial charge < -0.3 is 24.4 Å². The number of carbonyl (C=O) groups is 3. The minimum absolute atomic E-state index is 0.118. The summed E-state index contributed by atoms with van der Waals surface area (Å²) in [5.74, 6) is -1.04. The molecule has 0 bridgehead atoms. The van der Waals surface area contributed by atoms with Crippen LogP contribution >= 0.6 is 0 Å². The number of amides is 2. The number of hydrogen-bond acceptors (Lipinski definition) is 5. The molecule has 140 valence electrons. The second kappa shape index (κ2) is 7.23. The molecule has 1 N–H and O–H groups in total. The molecule has 2 fully saturated rings. The van der Waals surface area contributed by atoms with Gasteiger partial charge in [-0.2, -0.15) is 0 Å². The Balaban J connectivity index is 1.73. The quantitative estimate of drug-likeness (QED) is 0.839. The van der Waals surface area contributed by atoms with E-state index in [1.807, 2.05) is 0 Å². The van der Waals surface area contributed by atoms with Crippen LogP contribution in [0.2, 0.25) is 0 Å². The summed E-state index contributed by atoms with van der Waals surface area (Å²) in [6.45, 7) is 0.904. The molecule has 2 heterocycles. The summed E-state index contributed by atoms with van der Waals surface area (Å²) in [5, 5.41) is 9.09. The summed E-state index contributed by atoms with van der Waals surface area (Å²) in [6.07, 6.45) is 0.575. The minimum Gasteiger partial charge on any atom is -0.497 e. The van der Waals surface area contributed by atoms with Crippen LogP contribution < -0.4 is 14.4 Å². The number of ether oxygens (including phenoxy) is 2. The number of nitrogens with zero attached hydrogens (tertiary/aromatic N) is 2. The standard InChI is InChI=1S/C18H22N2O6/c1-25-14-6-13(7-15(8-14)26-2)20-10-12(5-16(20)21)17(22)19-4-3-11(9-19)18(23)24/h6-8,11-12H,3-5,9-10H2,1-2H3,(H,23,24)/t11-,12+/m0/s1. The Kier molecular flexibility index (Phi) is 5.01. The molecule has 2 amide bonds. The zero-order valence-electron chi connectivity index (χ0n) is 14.8. The van der Waals surface area contributed by atoms with E-state index in [1.54, 1.807) is 28.0 Å². The Labute approximate surface area is 151 Å². The van der Waals surface area contributed by atoms with Crippen LogP contribution in [0, 0.1) is 11.8 Å². The van der Waals surface area contributed by atoms with Crippen molar-refractivity contribution in [1.82, 2.24) is 4.90 Å². The Hall–Kier alpha value is -2.77. The lowest BCUT2D eigenvalue weighted by atomic mass is 10.1. The first-order valence-corrected chi connectivity index (χ1v) is 8.48. The van der Waals surface area contributed by atoms with Crippen molar-refractivity contribution < 1.29 is 29.0 Å². The number of rotatable bonds is 5. The van der Waals surface area contributed by atoms with Crippen molar-refractivity contribution in [2.75, 3.05) is 38.8 Å².